The Morgan fingerprint density at radius 3 is 2.35 bits per heavy atom. The first kappa shape index (κ1) is 11.6. The molecule has 2 nitrogen and oxygen atoms in total. The number of fused-ring (bicyclic) bond motifs is 1. The lowest BCUT2D eigenvalue weighted by Gasteiger charge is -2.48. The topological polar surface area (TPSA) is 26.3 Å². The van der Waals surface area contributed by atoms with Gasteiger partial charge in [0, 0.05) is 5.92 Å². The van der Waals surface area contributed by atoms with Crippen LogP contribution in [0, 0.1) is 35.0 Å². The van der Waals surface area contributed by atoms with E-state index in [9.17, 15) is 4.79 Å². The first-order valence-corrected chi connectivity index (χ1v) is 7.07. The second-order valence-electron chi connectivity index (χ2n) is 7.26. The van der Waals surface area contributed by atoms with Gasteiger partial charge in [-0.2, -0.15) is 0 Å². The Labute approximate surface area is 104 Å². The predicted octanol–water partition coefficient (Wildman–Crippen LogP) is 3.26. The number of carbonyl (C=O) groups is 1. The van der Waals surface area contributed by atoms with E-state index in [-0.39, 0.29) is 22.9 Å². The zero-order chi connectivity index (χ0) is 12.6. The fourth-order valence-electron chi connectivity index (χ4n) is 5.86. The van der Waals surface area contributed by atoms with Crippen molar-refractivity contribution in [3.8, 4) is 0 Å². The van der Waals surface area contributed by atoms with Crippen molar-refractivity contribution in [1.29, 1.82) is 0 Å². The van der Waals surface area contributed by atoms with E-state index in [1.807, 2.05) is 0 Å². The van der Waals surface area contributed by atoms with Crippen molar-refractivity contribution in [2.24, 2.45) is 35.0 Å². The highest BCUT2D eigenvalue weighted by molar-refractivity contribution is 5.78. The van der Waals surface area contributed by atoms with Gasteiger partial charge in [0.15, 0.2) is 0 Å². The average Bonchev–Trinajstić information content (AvgIpc) is 2.71. The van der Waals surface area contributed by atoms with E-state index >= 15 is 0 Å². The van der Waals surface area contributed by atoms with E-state index in [2.05, 4.69) is 34.6 Å². The van der Waals surface area contributed by atoms with Crippen LogP contribution in [0.15, 0.2) is 0 Å². The second kappa shape index (κ2) is 3.07. The molecule has 17 heavy (non-hydrogen) atoms. The molecule has 0 N–H and O–H groups in total. The van der Waals surface area contributed by atoms with Crippen molar-refractivity contribution in [2.45, 2.75) is 53.1 Å². The third-order valence-corrected chi connectivity index (χ3v) is 6.21. The molecule has 1 aliphatic heterocycles. The summed E-state index contributed by atoms with van der Waals surface area (Å²) in [5.74, 6) is 2.58. The normalized spacial score (nSPS) is 46.1. The fourth-order valence-corrected chi connectivity index (χ4v) is 5.86. The van der Waals surface area contributed by atoms with E-state index in [0.29, 0.717) is 23.7 Å². The highest BCUT2D eigenvalue weighted by Gasteiger charge is 2.74. The predicted molar refractivity (Wildman–Crippen MR) is 66.3 cm³/mol. The lowest BCUT2D eigenvalue weighted by Crippen LogP contribution is -2.48. The highest BCUT2D eigenvalue weighted by Crippen LogP contribution is 2.72. The van der Waals surface area contributed by atoms with Crippen molar-refractivity contribution in [2.75, 3.05) is 0 Å². The molecule has 0 aromatic heterocycles. The molecule has 96 valence electrons. The molecular weight excluding hydrogens is 212 g/mol. The Kier molecular flexibility index (Phi) is 2.09. The summed E-state index contributed by atoms with van der Waals surface area (Å²) in [6.07, 6.45) is 2.31. The third-order valence-electron chi connectivity index (χ3n) is 6.21. The zero-order valence-electron chi connectivity index (χ0n) is 11.6. The standard InChI is InChI=1S/C15H24O2/c1-8(2)15(9(3)4)10-6-11-12(15)13(16)17-14(11,5)7-10/h8-12H,6-7H2,1-5H3. The van der Waals surface area contributed by atoms with Gasteiger partial charge in [0.2, 0.25) is 0 Å². The summed E-state index contributed by atoms with van der Waals surface area (Å²) in [4.78, 5) is 12.3. The lowest BCUT2D eigenvalue weighted by molar-refractivity contribution is -0.150. The molecular formula is C15H24O2. The van der Waals surface area contributed by atoms with Crippen molar-refractivity contribution in [3.63, 3.8) is 0 Å². The SMILES string of the molecule is CC(C)C1(C(C)C)C2CC3C1C(=O)OC3(C)C2. The molecule has 2 heteroatoms. The number of esters is 1. The minimum Gasteiger partial charge on any atom is -0.459 e. The third kappa shape index (κ3) is 1.06. The van der Waals surface area contributed by atoms with Crippen molar-refractivity contribution in [3.05, 3.63) is 0 Å². The maximum Gasteiger partial charge on any atom is 0.310 e. The average molecular weight is 236 g/mol. The van der Waals surface area contributed by atoms with Crippen LogP contribution in [0.1, 0.15) is 47.5 Å². The van der Waals surface area contributed by atoms with Crippen LogP contribution >= 0.6 is 0 Å². The van der Waals surface area contributed by atoms with Crippen LogP contribution in [-0.4, -0.2) is 11.6 Å². The van der Waals surface area contributed by atoms with E-state index in [0.717, 1.165) is 6.42 Å². The van der Waals surface area contributed by atoms with Gasteiger partial charge in [-0.1, -0.05) is 27.7 Å². The molecule has 3 rings (SSSR count). The summed E-state index contributed by atoms with van der Waals surface area (Å²) < 4.78 is 5.74. The molecule has 2 aliphatic carbocycles. The van der Waals surface area contributed by atoms with Gasteiger partial charge in [-0.3, -0.25) is 4.79 Å². The van der Waals surface area contributed by atoms with Gasteiger partial charge in [0.1, 0.15) is 5.60 Å². The molecule has 0 spiro atoms. The second-order valence-corrected chi connectivity index (χ2v) is 7.26. The molecule has 0 amide bonds. The smallest absolute Gasteiger partial charge is 0.310 e. The van der Waals surface area contributed by atoms with Crippen LogP contribution in [0.4, 0.5) is 0 Å². The molecule has 1 saturated heterocycles. The first-order chi connectivity index (χ1) is 7.84. The number of carbonyl (C=O) groups excluding carboxylic acids is 1. The molecule has 0 radical (unpaired) electrons. The maximum absolute atomic E-state index is 12.3. The minimum absolute atomic E-state index is 0.0971. The number of hydrogen-bond donors (Lipinski definition) is 0. The van der Waals surface area contributed by atoms with Gasteiger partial charge in [0.05, 0.1) is 5.92 Å². The van der Waals surface area contributed by atoms with E-state index < -0.39 is 0 Å². The molecule has 3 fully saturated rings. The molecule has 3 aliphatic rings. The van der Waals surface area contributed by atoms with Crippen LogP contribution in [0.25, 0.3) is 0 Å². The summed E-state index contributed by atoms with van der Waals surface area (Å²) >= 11 is 0. The maximum atomic E-state index is 12.3. The molecule has 4 atom stereocenters. The molecule has 0 aromatic carbocycles. The monoisotopic (exact) mass is 236 g/mol. The summed E-state index contributed by atoms with van der Waals surface area (Å²) in [6.45, 7) is 11.3. The Bertz CT molecular complexity index is 363. The highest BCUT2D eigenvalue weighted by atomic mass is 16.6. The molecule has 1 heterocycles. The van der Waals surface area contributed by atoms with Gasteiger partial charge < -0.3 is 4.74 Å². The van der Waals surface area contributed by atoms with Crippen molar-refractivity contribution in [1.82, 2.24) is 0 Å². The Morgan fingerprint density at radius 2 is 1.82 bits per heavy atom. The van der Waals surface area contributed by atoms with E-state index in [1.54, 1.807) is 0 Å². The first-order valence-electron chi connectivity index (χ1n) is 7.07. The Morgan fingerprint density at radius 1 is 1.24 bits per heavy atom. The van der Waals surface area contributed by atoms with Crippen LogP contribution in [-0.2, 0) is 9.53 Å². The number of ether oxygens (including phenoxy) is 1. The Hall–Kier alpha value is -0.530. The van der Waals surface area contributed by atoms with E-state index in [1.165, 1.54) is 6.42 Å². The summed E-state index contributed by atoms with van der Waals surface area (Å²) in [5, 5.41) is 0. The van der Waals surface area contributed by atoms with Gasteiger partial charge >= 0.3 is 5.97 Å². The molecule has 4 unspecified atom stereocenters. The molecule has 2 bridgehead atoms. The minimum atomic E-state index is -0.125. The van der Waals surface area contributed by atoms with Gasteiger partial charge in [-0.05, 0) is 42.9 Å². The molecule has 2 saturated carbocycles. The summed E-state index contributed by atoms with van der Waals surface area (Å²) in [5.41, 5.74) is 0.0669. The summed E-state index contributed by atoms with van der Waals surface area (Å²) in [6, 6.07) is 0. The quantitative estimate of drug-likeness (QED) is 0.688. The van der Waals surface area contributed by atoms with Crippen LogP contribution < -0.4 is 0 Å². The van der Waals surface area contributed by atoms with Gasteiger partial charge in [-0.25, -0.2) is 0 Å². The fraction of sp³-hybridized carbons (Fsp3) is 0.933. The summed E-state index contributed by atoms with van der Waals surface area (Å²) in [7, 11) is 0. The van der Waals surface area contributed by atoms with Gasteiger partial charge in [0.25, 0.3) is 0 Å². The lowest BCUT2D eigenvalue weighted by atomic mass is 9.54. The van der Waals surface area contributed by atoms with Crippen LogP contribution in [0.3, 0.4) is 0 Å². The Balaban J connectivity index is 2.13. The number of hydrogen-bond acceptors (Lipinski definition) is 2. The van der Waals surface area contributed by atoms with Gasteiger partial charge in [-0.15, -0.1) is 0 Å². The largest absolute Gasteiger partial charge is 0.459 e. The van der Waals surface area contributed by atoms with E-state index in [4.69, 9.17) is 4.74 Å². The van der Waals surface area contributed by atoms with Crippen molar-refractivity contribution >= 4 is 5.97 Å². The van der Waals surface area contributed by atoms with Crippen molar-refractivity contribution < 1.29 is 9.53 Å². The molecule has 0 aromatic rings. The number of rotatable bonds is 2. The van der Waals surface area contributed by atoms with Crippen LogP contribution in [0.2, 0.25) is 0 Å². The van der Waals surface area contributed by atoms with Crippen LogP contribution in [0.5, 0.6) is 0 Å². The zero-order valence-corrected chi connectivity index (χ0v) is 11.6.